The molecule has 1 aliphatic rings. The summed E-state index contributed by atoms with van der Waals surface area (Å²) in [7, 11) is 0. The van der Waals surface area contributed by atoms with E-state index in [9.17, 15) is 4.79 Å². The van der Waals surface area contributed by atoms with Crippen LogP contribution < -0.4 is 16.2 Å². The maximum atomic E-state index is 13.3. The number of pyridine rings is 2. The summed E-state index contributed by atoms with van der Waals surface area (Å²) in [5, 5.41) is 0. The molecule has 7 nitrogen and oxygen atoms in total. The molecule has 0 bridgehead atoms. The number of piperidine rings is 1. The Balaban J connectivity index is 1.81. The number of hydrogen-bond donors (Lipinski definition) is 1. The van der Waals surface area contributed by atoms with Crippen LogP contribution >= 0.6 is 0 Å². The second-order valence-corrected chi connectivity index (χ2v) is 7.08. The average Bonchev–Trinajstić information content (AvgIpc) is 3.08. The highest BCUT2D eigenvalue weighted by atomic mass is 16.1. The van der Waals surface area contributed by atoms with E-state index < -0.39 is 0 Å². The number of anilines is 1. The van der Waals surface area contributed by atoms with Crippen molar-refractivity contribution in [1.29, 1.82) is 0 Å². The van der Waals surface area contributed by atoms with Crippen LogP contribution in [0.1, 0.15) is 25.5 Å². The smallest absolute Gasteiger partial charge is 0.277 e. The summed E-state index contributed by atoms with van der Waals surface area (Å²) in [6.45, 7) is 4.28. The van der Waals surface area contributed by atoms with Gasteiger partial charge in [0.1, 0.15) is 5.52 Å². The van der Waals surface area contributed by atoms with Gasteiger partial charge in [-0.2, -0.15) is 0 Å². The minimum Gasteiger partial charge on any atom is -0.341 e. The molecule has 1 aliphatic heterocycles. The third-order valence-electron chi connectivity index (χ3n) is 5.06. The zero-order valence-electron chi connectivity index (χ0n) is 16.0. The van der Waals surface area contributed by atoms with Gasteiger partial charge < -0.3 is 15.2 Å². The lowest BCUT2D eigenvalue weighted by atomic mass is 10.1. The van der Waals surface area contributed by atoms with Crippen LogP contribution in [0.5, 0.6) is 0 Å². The largest absolute Gasteiger partial charge is 0.341 e. The highest BCUT2D eigenvalue weighted by Crippen LogP contribution is 2.23. The first-order valence-corrected chi connectivity index (χ1v) is 9.57. The van der Waals surface area contributed by atoms with E-state index in [1.54, 1.807) is 23.9 Å². The maximum Gasteiger partial charge on any atom is 0.277 e. The van der Waals surface area contributed by atoms with E-state index in [1.165, 1.54) is 0 Å². The summed E-state index contributed by atoms with van der Waals surface area (Å²) in [6, 6.07) is 7.72. The molecule has 1 saturated heterocycles. The molecule has 1 fully saturated rings. The van der Waals surface area contributed by atoms with Crippen molar-refractivity contribution in [2.45, 2.75) is 38.9 Å². The molecule has 0 aromatic carbocycles. The van der Waals surface area contributed by atoms with E-state index in [0.717, 1.165) is 37.6 Å². The molecule has 0 amide bonds. The maximum absolute atomic E-state index is 13.3. The molecule has 1 atom stereocenters. The fourth-order valence-corrected chi connectivity index (χ4v) is 3.70. The van der Waals surface area contributed by atoms with Crippen molar-refractivity contribution in [2.24, 2.45) is 5.73 Å². The fraction of sp³-hybridized carbons (Fsp3) is 0.381. The molecule has 3 aromatic heterocycles. The predicted octanol–water partition coefficient (Wildman–Crippen LogP) is 1.59. The van der Waals surface area contributed by atoms with Crippen molar-refractivity contribution in [2.75, 3.05) is 18.0 Å². The van der Waals surface area contributed by atoms with E-state index in [1.807, 2.05) is 28.8 Å². The van der Waals surface area contributed by atoms with Gasteiger partial charge in [-0.05, 0) is 38.0 Å². The lowest BCUT2D eigenvalue weighted by Crippen LogP contribution is -2.44. The molecule has 0 saturated carbocycles. The number of nitrogens with two attached hydrogens (primary N) is 1. The minimum absolute atomic E-state index is 0.0823. The van der Waals surface area contributed by atoms with Crippen molar-refractivity contribution in [1.82, 2.24) is 19.1 Å². The Morgan fingerprint density at radius 2 is 2.21 bits per heavy atom. The van der Waals surface area contributed by atoms with Crippen LogP contribution in [0.4, 0.5) is 5.95 Å². The van der Waals surface area contributed by atoms with Gasteiger partial charge in [-0.15, -0.1) is 5.92 Å². The normalized spacial score (nSPS) is 16.8. The molecule has 28 heavy (non-hydrogen) atoms. The van der Waals surface area contributed by atoms with Gasteiger partial charge in [-0.3, -0.25) is 14.3 Å². The first-order chi connectivity index (χ1) is 13.7. The van der Waals surface area contributed by atoms with Crippen LogP contribution in [0.3, 0.4) is 0 Å². The van der Waals surface area contributed by atoms with Crippen LogP contribution in [0.2, 0.25) is 0 Å². The van der Waals surface area contributed by atoms with Crippen LogP contribution in [-0.2, 0) is 13.1 Å². The van der Waals surface area contributed by atoms with Gasteiger partial charge in [0.25, 0.3) is 5.56 Å². The van der Waals surface area contributed by atoms with Gasteiger partial charge in [-0.1, -0.05) is 12.0 Å². The van der Waals surface area contributed by atoms with Crippen molar-refractivity contribution in [3.05, 3.63) is 52.7 Å². The van der Waals surface area contributed by atoms with Crippen molar-refractivity contribution in [3.63, 3.8) is 0 Å². The van der Waals surface area contributed by atoms with Gasteiger partial charge in [0.2, 0.25) is 5.95 Å². The van der Waals surface area contributed by atoms with Crippen molar-refractivity contribution < 1.29 is 0 Å². The molecule has 0 aliphatic carbocycles. The Morgan fingerprint density at radius 3 is 2.96 bits per heavy atom. The summed E-state index contributed by atoms with van der Waals surface area (Å²) in [5.41, 5.74) is 8.19. The SMILES string of the molecule is CC#CCn1c(N2CCCC(N)C2)nc2ccn(Cc3ccccn3)c(=O)c21. The van der Waals surface area contributed by atoms with E-state index in [-0.39, 0.29) is 11.6 Å². The molecular weight excluding hydrogens is 352 g/mol. The highest BCUT2D eigenvalue weighted by Gasteiger charge is 2.24. The number of hydrogen-bond acceptors (Lipinski definition) is 5. The summed E-state index contributed by atoms with van der Waals surface area (Å²) in [4.78, 5) is 24.5. The standard InChI is InChI=1S/C21H24N6O/c1-2-3-12-27-19-18(24-21(27)26-11-6-7-16(22)14-26)9-13-25(20(19)28)15-17-8-4-5-10-23-17/h4-5,8-10,13,16H,6-7,11-12,14-15,22H2,1H3. The third kappa shape index (κ3) is 3.51. The van der Waals surface area contributed by atoms with Crippen LogP contribution in [-0.4, -0.2) is 38.2 Å². The lowest BCUT2D eigenvalue weighted by Gasteiger charge is -2.31. The Bertz CT molecular complexity index is 1090. The fourth-order valence-electron chi connectivity index (χ4n) is 3.70. The molecule has 1 unspecified atom stereocenters. The Morgan fingerprint density at radius 1 is 1.32 bits per heavy atom. The highest BCUT2D eigenvalue weighted by molar-refractivity contribution is 5.78. The Labute approximate surface area is 163 Å². The molecule has 3 aromatic rings. The van der Waals surface area contributed by atoms with Gasteiger partial charge in [0.05, 0.1) is 24.3 Å². The van der Waals surface area contributed by atoms with Crippen LogP contribution in [0.15, 0.2) is 41.5 Å². The second kappa shape index (κ2) is 7.87. The summed E-state index contributed by atoms with van der Waals surface area (Å²) >= 11 is 0. The van der Waals surface area contributed by atoms with Gasteiger partial charge in [0.15, 0.2) is 0 Å². The summed E-state index contributed by atoms with van der Waals surface area (Å²) in [6.07, 6.45) is 5.56. The zero-order chi connectivity index (χ0) is 19.5. The quantitative estimate of drug-likeness (QED) is 0.700. The molecule has 7 heteroatoms. The Kier molecular flexibility index (Phi) is 5.13. The van der Waals surface area contributed by atoms with Crippen LogP contribution in [0.25, 0.3) is 11.0 Å². The van der Waals surface area contributed by atoms with Gasteiger partial charge in [-0.25, -0.2) is 4.98 Å². The van der Waals surface area contributed by atoms with E-state index in [4.69, 9.17) is 10.7 Å². The molecule has 0 spiro atoms. The number of aromatic nitrogens is 4. The number of imidazole rings is 1. The summed E-state index contributed by atoms with van der Waals surface area (Å²) < 4.78 is 3.61. The lowest BCUT2D eigenvalue weighted by molar-refractivity contribution is 0.496. The zero-order valence-corrected chi connectivity index (χ0v) is 16.0. The molecular formula is C21H24N6O. The molecule has 0 radical (unpaired) electrons. The number of nitrogens with zero attached hydrogens (tertiary/aromatic N) is 5. The average molecular weight is 376 g/mol. The Hall–Kier alpha value is -3.11. The first-order valence-electron chi connectivity index (χ1n) is 9.57. The van der Waals surface area contributed by atoms with Gasteiger partial charge >= 0.3 is 0 Å². The second-order valence-electron chi connectivity index (χ2n) is 7.08. The molecule has 144 valence electrons. The topological polar surface area (TPSA) is 82.0 Å². The third-order valence-corrected chi connectivity index (χ3v) is 5.06. The van der Waals surface area contributed by atoms with Crippen LogP contribution in [0, 0.1) is 11.8 Å². The van der Waals surface area contributed by atoms with E-state index in [2.05, 4.69) is 21.7 Å². The predicted molar refractivity (Wildman–Crippen MR) is 110 cm³/mol. The number of rotatable bonds is 4. The van der Waals surface area contributed by atoms with Gasteiger partial charge in [0, 0.05) is 31.5 Å². The minimum atomic E-state index is -0.0823. The first kappa shape index (κ1) is 18.3. The van der Waals surface area contributed by atoms with E-state index in [0.29, 0.717) is 24.1 Å². The molecule has 4 heterocycles. The molecule has 4 rings (SSSR count). The molecule has 2 N–H and O–H groups in total. The summed E-state index contributed by atoms with van der Waals surface area (Å²) in [5.74, 6) is 6.79. The van der Waals surface area contributed by atoms with Crippen molar-refractivity contribution >= 4 is 17.0 Å². The number of fused-ring (bicyclic) bond motifs is 1. The van der Waals surface area contributed by atoms with Crippen molar-refractivity contribution in [3.8, 4) is 11.8 Å². The van der Waals surface area contributed by atoms with E-state index >= 15 is 0 Å². The monoisotopic (exact) mass is 376 g/mol.